The van der Waals surface area contributed by atoms with Crippen molar-refractivity contribution >= 4 is 11.8 Å². The highest BCUT2D eigenvalue weighted by Crippen LogP contribution is 2.32. The molecule has 0 amide bonds. The Labute approximate surface area is 101 Å². The van der Waals surface area contributed by atoms with Gasteiger partial charge in [0, 0.05) is 6.42 Å². The molecule has 1 fully saturated rings. The highest BCUT2D eigenvalue weighted by Gasteiger charge is 2.49. The average Bonchev–Trinajstić information content (AvgIpc) is 2.32. The van der Waals surface area contributed by atoms with Crippen LogP contribution in [0, 0.1) is 5.41 Å². The second-order valence-electron chi connectivity index (χ2n) is 4.29. The van der Waals surface area contributed by atoms with Gasteiger partial charge in [0.05, 0.1) is 25.9 Å². The summed E-state index contributed by atoms with van der Waals surface area (Å²) in [5.74, 6) is -0.757. The molecular weight excluding hydrogens is 224 g/mol. The van der Waals surface area contributed by atoms with Crippen molar-refractivity contribution < 1.29 is 24.2 Å². The average molecular weight is 244 g/mol. The molecule has 1 rings (SSSR count). The van der Waals surface area contributed by atoms with Crippen LogP contribution in [0.2, 0.25) is 0 Å². The number of ketones is 1. The number of hydrogen-bond acceptors (Lipinski definition) is 5. The molecule has 1 aliphatic rings. The normalized spacial score (nSPS) is 26.6. The Bertz CT molecular complexity index is 289. The van der Waals surface area contributed by atoms with Crippen molar-refractivity contribution in [2.45, 2.75) is 39.2 Å². The molecule has 0 aromatic carbocycles. The molecule has 0 aliphatic carbocycles. The van der Waals surface area contributed by atoms with Gasteiger partial charge in [0.2, 0.25) is 0 Å². The minimum absolute atomic E-state index is 0.0156. The van der Waals surface area contributed by atoms with Crippen LogP contribution in [0.1, 0.15) is 33.1 Å². The largest absolute Gasteiger partial charge is 0.465 e. The van der Waals surface area contributed by atoms with Gasteiger partial charge in [-0.05, 0) is 19.8 Å². The van der Waals surface area contributed by atoms with Gasteiger partial charge in [0.25, 0.3) is 0 Å². The van der Waals surface area contributed by atoms with Gasteiger partial charge in [-0.1, -0.05) is 6.92 Å². The predicted molar refractivity (Wildman–Crippen MR) is 60.4 cm³/mol. The van der Waals surface area contributed by atoms with Gasteiger partial charge in [0.15, 0.2) is 11.2 Å². The highest BCUT2D eigenvalue weighted by molar-refractivity contribution is 6.04. The molecule has 0 radical (unpaired) electrons. The van der Waals surface area contributed by atoms with Crippen LogP contribution in [-0.2, 0) is 19.1 Å². The molecule has 0 aromatic heterocycles. The van der Waals surface area contributed by atoms with Crippen LogP contribution in [0.4, 0.5) is 0 Å². The molecule has 0 saturated carbocycles. The van der Waals surface area contributed by atoms with Crippen molar-refractivity contribution in [3.63, 3.8) is 0 Å². The Morgan fingerprint density at radius 2 is 2.29 bits per heavy atom. The number of aliphatic hydroxyl groups is 1. The first-order valence-corrected chi connectivity index (χ1v) is 6.03. The van der Waals surface area contributed by atoms with Gasteiger partial charge in [-0.25, -0.2) is 0 Å². The Balaban J connectivity index is 2.89. The maximum atomic E-state index is 12.0. The fourth-order valence-electron chi connectivity index (χ4n) is 1.98. The molecule has 2 atom stereocenters. The minimum atomic E-state index is -1.30. The first-order chi connectivity index (χ1) is 8.06. The lowest BCUT2D eigenvalue weighted by Crippen LogP contribution is -2.49. The molecule has 0 spiro atoms. The summed E-state index contributed by atoms with van der Waals surface area (Å²) in [4.78, 5) is 23.9. The SMILES string of the molecule is CCOC(=O)C1(CC(O)CC)COCCC1=O. The van der Waals surface area contributed by atoms with E-state index in [0.29, 0.717) is 13.0 Å². The lowest BCUT2D eigenvalue weighted by Gasteiger charge is -2.34. The minimum Gasteiger partial charge on any atom is -0.465 e. The van der Waals surface area contributed by atoms with E-state index in [9.17, 15) is 14.7 Å². The molecule has 98 valence electrons. The van der Waals surface area contributed by atoms with E-state index in [-0.39, 0.29) is 31.8 Å². The van der Waals surface area contributed by atoms with E-state index >= 15 is 0 Å². The number of aliphatic hydroxyl groups excluding tert-OH is 1. The van der Waals surface area contributed by atoms with Crippen molar-refractivity contribution in [2.75, 3.05) is 19.8 Å². The Hall–Kier alpha value is -0.940. The van der Waals surface area contributed by atoms with Crippen LogP contribution in [0.3, 0.4) is 0 Å². The third-order valence-corrected chi connectivity index (χ3v) is 3.08. The molecule has 1 aliphatic heterocycles. The van der Waals surface area contributed by atoms with E-state index in [1.807, 2.05) is 0 Å². The molecule has 1 saturated heterocycles. The molecule has 5 heteroatoms. The molecular formula is C12H20O5. The van der Waals surface area contributed by atoms with E-state index in [0.717, 1.165) is 0 Å². The summed E-state index contributed by atoms with van der Waals surface area (Å²) in [6.07, 6.45) is 0.0928. The van der Waals surface area contributed by atoms with Crippen molar-refractivity contribution in [1.82, 2.24) is 0 Å². The summed E-state index contributed by atoms with van der Waals surface area (Å²) < 4.78 is 10.2. The molecule has 17 heavy (non-hydrogen) atoms. The quantitative estimate of drug-likeness (QED) is 0.569. The van der Waals surface area contributed by atoms with Crippen molar-refractivity contribution in [1.29, 1.82) is 0 Å². The molecule has 1 heterocycles. The van der Waals surface area contributed by atoms with Gasteiger partial charge < -0.3 is 14.6 Å². The second kappa shape index (κ2) is 6.12. The van der Waals surface area contributed by atoms with Crippen LogP contribution >= 0.6 is 0 Å². The van der Waals surface area contributed by atoms with Crippen LogP contribution in [0.25, 0.3) is 0 Å². The predicted octanol–water partition coefficient (Wildman–Crippen LogP) is 0.686. The molecule has 5 nitrogen and oxygen atoms in total. The first-order valence-electron chi connectivity index (χ1n) is 6.03. The number of ether oxygens (including phenoxy) is 2. The zero-order chi connectivity index (χ0) is 12.9. The number of rotatable bonds is 5. The number of Topliss-reactive ketones (excluding diaryl/α,β-unsaturated/α-hetero) is 1. The van der Waals surface area contributed by atoms with E-state index < -0.39 is 17.5 Å². The first kappa shape index (κ1) is 14.1. The van der Waals surface area contributed by atoms with Gasteiger partial charge in [-0.2, -0.15) is 0 Å². The number of hydrogen-bond donors (Lipinski definition) is 1. The lowest BCUT2D eigenvalue weighted by molar-refractivity contribution is -0.172. The summed E-state index contributed by atoms with van der Waals surface area (Å²) in [6.45, 7) is 4.06. The highest BCUT2D eigenvalue weighted by atomic mass is 16.5. The smallest absolute Gasteiger partial charge is 0.322 e. The van der Waals surface area contributed by atoms with Crippen LogP contribution in [-0.4, -0.2) is 42.8 Å². The molecule has 2 unspecified atom stereocenters. The summed E-state index contributed by atoms with van der Waals surface area (Å²) >= 11 is 0. The van der Waals surface area contributed by atoms with Gasteiger partial charge in [-0.3, -0.25) is 9.59 Å². The van der Waals surface area contributed by atoms with Crippen LogP contribution in [0.5, 0.6) is 0 Å². The van der Waals surface area contributed by atoms with Crippen molar-refractivity contribution in [3.8, 4) is 0 Å². The van der Waals surface area contributed by atoms with E-state index in [4.69, 9.17) is 9.47 Å². The van der Waals surface area contributed by atoms with Gasteiger partial charge in [0.1, 0.15) is 0 Å². The van der Waals surface area contributed by atoms with Crippen molar-refractivity contribution in [2.24, 2.45) is 5.41 Å². The monoisotopic (exact) mass is 244 g/mol. The maximum Gasteiger partial charge on any atom is 0.322 e. The van der Waals surface area contributed by atoms with E-state index in [1.54, 1.807) is 13.8 Å². The fourth-order valence-corrected chi connectivity index (χ4v) is 1.98. The summed E-state index contributed by atoms with van der Waals surface area (Å²) in [5, 5.41) is 9.69. The second-order valence-corrected chi connectivity index (χ2v) is 4.29. The van der Waals surface area contributed by atoms with Crippen molar-refractivity contribution in [3.05, 3.63) is 0 Å². The number of carbonyl (C=O) groups excluding carboxylic acids is 2. The zero-order valence-corrected chi connectivity index (χ0v) is 10.4. The van der Waals surface area contributed by atoms with E-state index in [1.165, 1.54) is 0 Å². The Morgan fingerprint density at radius 3 is 2.82 bits per heavy atom. The van der Waals surface area contributed by atoms with Crippen LogP contribution in [0.15, 0.2) is 0 Å². The third kappa shape index (κ3) is 3.04. The molecule has 0 bridgehead atoms. The zero-order valence-electron chi connectivity index (χ0n) is 10.4. The summed E-state index contributed by atoms with van der Waals surface area (Å²) in [6, 6.07) is 0. The summed E-state index contributed by atoms with van der Waals surface area (Å²) in [7, 11) is 0. The van der Waals surface area contributed by atoms with Crippen LogP contribution < -0.4 is 0 Å². The fraction of sp³-hybridized carbons (Fsp3) is 0.833. The standard InChI is InChI=1S/C12H20O5/c1-3-9(13)7-12(11(15)17-4-2)8-16-6-5-10(12)14/h9,13H,3-8H2,1-2H3. The lowest BCUT2D eigenvalue weighted by atomic mass is 9.76. The van der Waals surface area contributed by atoms with Gasteiger partial charge in [-0.15, -0.1) is 0 Å². The number of esters is 1. The Kier molecular flexibility index (Phi) is 5.08. The Morgan fingerprint density at radius 1 is 1.59 bits per heavy atom. The molecule has 0 aromatic rings. The maximum absolute atomic E-state index is 12.0. The summed E-state index contributed by atoms with van der Waals surface area (Å²) in [5.41, 5.74) is -1.30. The topological polar surface area (TPSA) is 72.8 Å². The van der Waals surface area contributed by atoms with E-state index in [2.05, 4.69) is 0 Å². The third-order valence-electron chi connectivity index (χ3n) is 3.08. The van der Waals surface area contributed by atoms with Gasteiger partial charge >= 0.3 is 5.97 Å². The molecule has 1 N–H and O–H groups in total. The number of carbonyl (C=O) groups is 2.